The Labute approximate surface area is 174 Å². The van der Waals surface area contributed by atoms with E-state index in [0.29, 0.717) is 13.1 Å². The number of aromatic nitrogens is 2. The summed E-state index contributed by atoms with van der Waals surface area (Å²) in [4.78, 5) is 2.33. The lowest BCUT2D eigenvalue weighted by Crippen LogP contribution is -2.54. The third-order valence-electron chi connectivity index (χ3n) is 6.22. The van der Waals surface area contributed by atoms with Crippen LogP contribution in [0, 0.1) is 0 Å². The first-order chi connectivity index (χ1) is 14.0. The van der Waals surface area contributed by atoms with Crippen LogP contribution in [-0.4, -0.2) is 71.0 Å². The predicted molar refractivity (Wildman–Crippen MR) is 114 cm³/mol. The summed E-state index contributed by atoms with van der Waals surface area (Å²) in [5.74, 6) is 0. The molecule has 0 atom stereocenters. The predicted octanol–water partition coefficient (Wildman–Crippen LogP) is 2.50. The zero-order valence-electron chi connectivity index (χ0n) is 17.2. The molecule has 2 aromatic rings. The van der Waals surface area contributed by atoms with E-state index in [9.17, 15) is 8.42 Å². The van der Waals surface area contributed by atoms with E-state index in [-0.39, 0.29) is 6.04 Å². The van der Waals surface area contributed by atoms with E-state index in [1.807, 2.05) is 16.9 Å². The molecule has 0 radical (unpaired) electrons. The van der Waals surface area contributed by atoms with E-state index < -0.39 is 10.2 Å². The van der Waals surface area contributed by atoms with Crippen LogP contribution in [0.1, 0.15) is 37.7 Å². The Morgan fingerprint density at radius 1 is 1.03 bits per heavy atom. The lowest BCUT2D eigenvalue weighted by atomic mass is 9.96. The highest BCUT2D eigenvalue weighted by molar-refractivity contribution is 7.86. The monoisotopic (exact) mass is 417 g/mol. The molecule has 29 heavy (non-hydrogen) atoms. The molecule has 0 bridgehead atoms. The molecule has 0 amide bonds. The minimum atomic E-state index is -3.36. The largest absolute Gasteiger partial charge is 0.296 e. The van der Waals surface area contributed by atoms with Gasteiger partial charge in [-0.2, -0.15) is 22.1 Å². The summed E-state index contributed by atoms with van der Waals surface area (Å²) in [6.45, 7) is 3.48. The summed E-state index contributed by atoms with van der Waals surface area (Å²) in [6, 6.07) is 10.5. The summed E-state index contributed by atoms with van der Waals surface area (Å²) >= 11 is 0. The molecule has 2 aliphatic rings. The van der Waals surface area contributed by atoms with E-state index in [4.69, 9.17) is 0 Å². The summed E-state index contributed by atoms with van der Waals surface area (Å²) in [6.07, 6.45) is 9.18. The number of piperazine rings is 1. The number of hydrogen-bond acceptors (Lipinski definition) is 4. The SMILES string of the molecule is CN(C1CCCCC1)S(=O)(=O)N1CCN(Cc2ccc(-n3cccn3)cc2)CC1. The first-order valence-electron chi connectivity index (χ1n) is 10.6. The Morgan fingerprint density at radius 3 is 2.34 bits per heavy atom. The van der Waals surface area contributed by atoms with Crippen LogP contribution in [0.25, 0.3) is 5.69 Å². The Morgan fingerprint density at radius 2 is 1.72 bits per heavy atom. The van der Waals surface area contributed by atoms with Crippen LogP contribution in [0.4, 0.5) is 0 Å². The van der Waals surface area contributed by atoms with Gasteiger partial charge >= 0.3 is 0 Å². The van der Waals surface area contributed by atoms with Gasteiger partial charge in [0.1, 0.15) is 0 Å². The molecular formula is C21H31N5O2S. The Kier molecular flexibility index (Phi) is 6.34. The zero-order valence-corrected chi connectivity index (χ0v) is 18.0. The lowest BCUT2D eigenvalue weighted by Gasteiger charge is -2.38. The molecule has 1 aliphatic carbocycles. The van der Waals surface area contributed by atoms with Crippen LogP contribution < -0.4 is 0 Å². The van der Waals surface area contributed by atoms with Gasteiger partial charge in [0.05, 0.1) is 5.69 Å². The van der Waals surface area contributed by atoms with Crippen molar-refractivity contribution in [1.29, 1.82) is 0 Å². The average Bonchev–Trinajstić information content (AvgIpc) is 3.30. The van der Waals surface area contributed by atoms with Crippen LogP contribution >= 0.6 is 0 Å². The van der Waals surface area contributed by atoms with Gasteiger partial charge in [-0.05, 0) is 36.6 Å². The minimum Gasteiger partial charge on any atom is -0.296 e. The van der Waals surface area contributed by atoms with Gasteiger partial charge in [-0.15, -0.1) is 0 Å². The summed E-state index contributed by atoms with van der Waals surface area (Å²) in [7, 11) is -1.60. The molecule has 1 saturated carbocycles. The molecule has 0 spiro atoms. The van der Waals surface area contributed by atoms with Crippen molar-refractivity contribution in [3.05, 3.63) is 48.3 Å². The first-order valence-corrected chi connectivity index (χ1v) is 12.0. The molecule has 4 rings (SSSR count). The van der Waals surface area contributed by atoms with Crippen molar-refractivity contribution in [1.82, 2.24) is 23.3 Å². The Balaban J connectivity index is 1.31. The number of rotatable bonds is 6. The van der Waals surface area contributed by atoms with Crippen molar-refractivity contribution < 1.29 is 8.42 Å². The quantitative estimate of drug-likeness (QED) is 0.725. The van der Waals surface area contributed by atoms with Crippen molar-refractivity contribution in [3.63, 3.8) is 0 Å². The van der Waals surface area contributed by atoms with E-state index in [0.717, 1.165) is 51.0 Å². The van der Waals surface area contributed by atoms with Gasteiger partial charge in [-0.25, -0.2) is 4.68 Å². The molecular weight excluding hydrogens is 386 g/mol. The average molecular weight is 418 g/mol. The molecule has 0 N–H and O–H groups in total. The maximum Gasteiger partial charge on any atom is 0.282 e. The van der Waals surface area contributed by atoms with Crippen molar-refractivity contribution in [2.24, 2.45) is 0 Å². The highest BCUT2D eigenvalue weighted by Crippen LogP contribution is 2.25. The van der Waals surface area contributed by atoms with Gasteiger partial charge in [0.15, 0.2) is 0 Å². The van der Waals surface area contributed by atoms with Gasteiger partial charge in [0.2, 0.25) is 0 Å². The number of hydrogen-bond donors (Lipinski definition) is 0. The van der Waals surface area contributed by atoms with Crippen LogP contribution in [-0.2, 0) is 16.8 Å². The van der Waals surface area contributed by atoms with Crippen molar-refractivity contribution in [3.8, 4) is 5.69 Å². The van der Waals surface area contributed by atoms with Gasteiger partial charge in [-0.1, -0.05) is 31.4 Å². The van der Waals surface area contributed by atoms with E-state index in [1.54, 1.807) is 21.9 Å². The van der Waals surface area contributed by atoms with Crippen LogP contribution in [0.3, 0.4) is 0 Å². The van der Waals surface area contributed by atoms with Gasteiger partial charge in [-0.3, -0.25) is 4.90 Å². The maximum absolute atomic E-state index is 13.0. The van der Waals surface area contributed by atoms with E-state index >= 15 is 0 Å². The molecule has 1 saturated heterocycles. The second-order valence-electron chi connectivity index (χ2n) is 8.11. The summed E-state index contributed by atoms with van der Waals surface area (Å²) in [5, 5.41) is 4.25. The molecule has 1 aliphatic heterocycles. The van der Waals surface area contributed by atoms with Gasteiger partial charge in [0.25, 0.3) is 10.2 Å². The smallest absolute Gasteiger partial charge is 0.282 e. The Hall–Kier alpha value is -1.74. The van der Waals surface area contributed by atoms with E-state index in [2.05, 4.69) is 34.3 Å². The van der Waals surface area contributed by atoms with Crippen molar-refractivity contribution >= 4 is 10.2 Å². The maximum atomic E-state index is 13.0. The first kappa shape index (κ1) is 20.5. The third-order valence-corrected chi connectivity index (χ3v) is 8.27. The summed E-state index contributed by atoms with van der Waals surface area (Å²) in [5.41, 5.74) is 2.27. The fourth-order valence-corrected chi connectivity index (χ4v) is 5.94. The third kappa shape index (κ3) is 4.71. The topological polar surface area (TPSA) is 61.7 Å². The van der Waals surface area contributed by atoms with Gasteiger partial charge < -0.3 is 0 Å². The molecule has 2 heterocycles. The number of nitrogens with zero attached hydrogens (tertiary/aromatic N) is 5. The fraction of sp³-hybridized carbons (Fsp3) is 0.571. The molecule has 1 aromatic carbocycles. The van der Waals surface area contributed by atoms with E-state index in [1.165, 1.54) is 12.0 Å². The number of benzene rings is 1. The highest BCUT2D eigenvalue weighted by Gasteiger charge is 2.34. The Bertz CT molecular complexity index is 868. The second kappa shape index (κ2) is 8.95. The van der Waals surface area contributed by atoms with Crippen LogP contribution in [0.5, 0.6) is 0 Å². The minimum absolute atomic E-state index is 0.167. The molecule has 7 nitrogen and oxygen atoms in total. The molecule has 1 aromatic heterocycles. The zero-order chi connectivity index (χ0) is 20.3. The molecule has 0 unspecified atom stereocenters. The molecule has 8 heteroatoms. The van der Waals surface area contributed by atoms with Gasteiger partial charge in [0, 0.05) is 58.2 Å². The standard InChI is InChI=1S/C21H31N5O2S/c1-23(20-6-3-2-4-7-20)29(27,28)25-16-14-24(15-17-25)18-19-8-10-21(11-9-19)26-13-5-12-22-26/h5,8-13,20H,2-4,6-7,14-18H2,1H3. The normalized spacial score (nSPS) is 20.3. The van der Waals surface area contributed by atoms with Crippen LogP contribution in [0.2, 0.25) is 0 Å². The fourth-order valence-electron chi connectivity index (χ4n) is 4.37. The molecule has 2 fully saturated rings. The molecule has 158 valence electrons. The van der Waals surface area contributed by atoms with Crippen LogP contribution in [0.15, 0.2) is 42.7 Å². The highest BCUT2D eigenvalue weighted by atomic mass is 32.2. The lowest BCUT2D eigenvalue weighted by molar-refractivity contribution is 0.170. The second-order valence-corrected chi connectivity index (χ2v) is 10.1. The van der Waals surface area contributed by atoms with Crippen molar-refractivity contribution in [2.75, 3.05) is 33.2 Å². The van der Waals surface area contributed by atoms with Crippen molar-refractivity contribution in [2.45, 2.75) is 44.7 Å². The summed E-state index contributed by atoms with van der Waals surface area (Å²) < 4.78 is 31.2.